The van der Waals surface area contributed by atoms with Crippen LogP contribution in [0.1, 0.15) is 18.7 Å². The Morgan fingerprint density at radius 3 is 2.96 bits per heavy atom. The number of hydrogen-bond donors (Lipinski definition) is 0. The van der Waals surface area contributed by atoms with E-state index in [-0.39, 0.29) is 6.04 Å². The largest absolute Gasteiger partial charge is 0.450 e. The van der Waals surface area contributed by atoms with Crippen molar-refractivity contribution in [2.45, 2.75) is 19.5 Å². The van der Waals surface area contributed by atoms with Gasteiger partial charge in [-0.15, -0.1) is 0 Å². The SMILES string of the molecule is CC1c2cccn2CCN1c1ncnc2c1oc1ccccc12. The van der Waals surface area contributed by atoms with Crippen LogP contribution in [0.3, 0.4) is 0 Å². The summed E-state index contributed by atoms with van der Waals surface area (Å²) < 4.78 is 8.38. The monoisotopic (exact) mass is 304 g/mol. The van der Waals surface area contributed by atoms with Gasteiger partial charge < -0.3 is 13.9 Å². The van der Waals surface area contributed by atoms with Crippen molar-refractivity contribution in [3.05, 3.63) is 54.6 Å². The Kier molecular flexibility index (Phi) is 2.53. The molecule has 0 amide bonds. The lowest BCUT2D eigenvalue weighted by Gasteiger charge is -2.35. The molecule has 0 aliphatic carbocycles. The highest BCUT2D eigenvalue weighted by molar-refractivity contribution is 6.05. The Bertz CT molecular complexity index is 1020. The summed E-state index contributed by atoms with van der Waals surface area (Å²) in [6.45, 7) is 4.08. The van der Waals surface area contributed by atoms with Crippen molar-refractivity contribution in [3.8, 4) is 0 Å². The topological polar surface area (TPSA) is 47.1 Å². The second-order valence-electron chi connectivity index (χ2n) is 5.97. The molecule has 1 unspecified atom stereocenters. The molecule has 0 saturated carbocycles. The van der Waals surface area contributed by atoms with Crippen molar-refractivity contribution >= 4 is 27.9 Å². The predicted molar refractivity (Wildman–Crippen MR) is 89.5 cm³/mol. The van der Waals surface area contributed by atoms with E-state index in [1.54, 1.807) is 6.33 Å². The molecule has 1 aromatic carbocycles. The normalized spacial score (nSPS) is 17.8. The molecule has 4 aromatic rings. The molecule has 1 aliphatic rings. The van der Waals surface area contributed by atoms with E-state index in [1.807, 2.05) is 24.3 Å². The van der Waals surface area contributed by atoms with Crippen LogP contribution in [0.2, 0.25) is 0 Å². The molecular weight excluding hydrogens is 288 g/mol. The van der Waals surface area contributed by atoms with Crippen molar-refractivity contribution in [1.29, 1.82) is 0 Å². The number of para-hydroxylation sites is 1. The molecule has 0 fully saturated rings. The fourth-order valence-electron chi connectivity index (χ4n) is 3.58. The van der Waals surface area contributed by atoms with Crippen LogP contribution >= 0.6 is 0 Å². The Morgan fingerprint density at radius 1 is 1.09 bits per heavy atom. The summed E-state index contributed by atoms with van der Waals surface area (Å²) in [5.74, 6) is 0.881. The Morgan fingerprint density at radius 2 is 2.00 bits per heavy atom. The molecule has 114 valence electrons. The van der Waals surface area contributed by atoms with E-state index in [0.29, 0.717) is 0 Å². The van der Waals surface area contributed by atoms with Gasteiger partial charge >= 0.3 is 0 Å². The van der Waals surface area contributed by atoms with Crippen LogP contribution in [-0.2, 0) is 6.54 Å². The quantitative estimate of drug-likeness (QED) is 0.537. The van der Waals surface area contributed by atoms with Gasteiger partial charge in [0.2, 0.25) is 0 Å². The van der Waals surface area contributed by atoms with Gasteiger partial charge in [0.05, 0.1) is 6.04 Å². The van der Waals surface area contributed by atoms with Crippen LogP contribution in [0, 0.1) is 0 Å². The number of nitrogens with zero attached hydrogens (tertiary/aromatic N) is 4. The summed E-state index contributed by atoms with van der Waals surface area (Å²) >= 11 is 0. The van der Waals surface area contributed by atoms with Gasteiger partial charge in [0, 0.05) is 30.4 Å². The molecule has 0 bridgehead atoms. The average Bonchev–Trinajstić information content (AvgIpc) is 3.19. The molecule has 0 saturated heterocycles. The minimum Gasteiger partial charge on any atom is -0.450 e. The van der Waals surface area contributed by atoms with Crippen molar-refractivity contribution in [2.24, 2.45) is 0 Å². The molecule has 5 heteroatoms. The lowest BCUT2D eigenvalue weighted by atomic mass is 10.1. The highest BCUT2D eigenvalue weighted by atomic mass is 16.3. The molecule has 23 heavy (non-hydrogen) atoms. The summed E-state index contributed by atoms with van der Waals surface area (Å²) in [5.41, 5.74) is 3.83. The zero-order valence-electron chi connectivity index (χ0n) is 12.8. The van der Waals surface area contributed by atoms with Gasteiger partial charge in [-0.25, -0.2) is 9.97 Å². The van der Waals surface area contributed by atoms with Gasteiger partial charge in [0.1, 0.15) is 17.4 Å². The zero-order valence-corrected chi connectivity index (χ0v) is 12.8. The lowest BCUT2D eigenvalue weighted by Crippen LogP contribution is -2.37. The maximum absolute atomic E-state index is 6.08. The van der Waals surface area contributed by atoms with Crippen LogP contribution in [0.15, 0.2) is 53.3 Å². The van der Waals surface area contributed by atoms with E-state index in [1.165, 1.54) is 5.69 Å². The molecular formula is C18H16N4O. The summed E-state index contributed by atoms with van der Waals surface area (Å²) in [6, 6.07) is 12.5. The number of furan rings is 1. The molecule has 0 spiro atoms. The number of fused-ring (bicyclic) bond motifs is 4. The highest BCUT2D eigenvalue weighted by Gasteiger charge is 2.27. The molecule has 0 radical (unpaired) electrons. The minimum atomic E-state index is 0.255. The first-order valence-electron chi connectivity index (χ1n) is 7.87. The van der Waals surface area contributed by atoms with Crippen molar-refractivity contribution in [2.75, 3.05) is 11.4 Å². The van der Waals surface area contributed by atoms with Gasteiger partial charge in [-0.1, -0.05) is 12.1 Å². The van der Waals surface area contributed by atoms with E-state index >= 15 is 0 Å². The third-order valence-corrected chi connectivity index (χ3v) is 4.75. The lowest BCUT2D eigenvalue weighted by molar-refractivity contribution is 0.504. The van der Waals surface area contributed by atoms with Gasteiger partial charge in [-0.2, -0.15) is 0 Å². The van der Waals surface area contributed by atoms with Gasteiger partial charge in [-0.3, -0.25) is 0 Å². The Hall–Kier alpha value is -2.82. The van der Waals surface area contributed by atoms with E-state index in [9.17, 15) is 0 Å². The van der Waals surface area contributed by atoms with Gasteiger partial charge in [-0.05, 0) is 31.2 Å². The first kappa shape index (κ1) is 12.7. The minimum absolute atomic E-state index is 0.255. The van der Waals surface area contributed by atoms with Crippen molar-refractivity contribution in [1.82, 2.24) is 14.5 Å². The molecule has 3 aromatic heterocycles. The standard InChI is InChI=1S/C18H16N4O/c1-12-14-6-4-8-21(14)9-10-22(12)18-17-16(19-11-20-18)13-5-2-3-7-15(13)23-17/h2-8,11-12H,9-10H2,1H3. The third-order valence-electron chi connectivity index (χ3n) is 4.75. The molecule has 0 N–H and O–H groups in total. The maximum Gasteiger partial charge on any atom is 0.196 e. The molecule has 4 heterocycles. The Balaban J connectivity index is 1.72. The maximum atomic E-state index is 6.08. The van der Waals surface area contributed by atoms with E-state index in [0.717, 1.165) is 41.0 Å². The van der Waals surface area contributed by atoms with Crippen LogP contribution < -0.4 is 4.90 Å². The molecule has 1 aliphatic heterocycles. The first-order valence-corrected chi connectivity index (χ1v) is 7.87. The number of aromatic nitrogens is 3. The zero-order chi connectivity index (χ0) is 15.4. The first-order chi connectivity index (χ1) is 11.3. The molecule has 5 rings (SSSR count). The van der Waals surface area contributed by atoms with Gasteiger partial charge in [0.15, 0.2) is 11.4 Å². The van der Waals surface area contributed by atoms with Crippen LogP contribution in [0.5, 0.6) is 0 Å². The van der Waals surface area contributed by atoms with Gasteiger partial charge in [0.25, 0.3) is 0 Å². The van der Waals surface area contributed by atoms with E-state index in [4.69, 9.17) is 4.42 Å². The highest BCUT2D eigenvalue weighted by Crippen LogP contribution is 2.36. The van der Waals surface area contributed by atoms with Crippen LogP contribution in [-0.4, -0.2) is 21.1 Å². The van der Waals surface area contributed by atoms with Crippen LogP contribution in [0.4, 0.5) is 5.82 Å². The fraction of sp³-hybridized carbons (Fsp3) is 0.222. The smallest absolute Gasteiger partial charge is 0.196 e. The third kappa shape index (κ3) is 1.73. The number of benzene rings is 1. The van der Waals surface area contributed by atoms with Crippen LogP contribution in [0.25, 0.3) is 22.1 Å². The average molecular weight is 304 g/mol. The number of anilines is 1. The van der Waals surface area contributed by atoms with E-state index in [2.05, 4.69) is 44.7 Å². The second-order valence-corrected chi connectivity index (χ2v) is 5.97. The van der Waals surface area contributed by atoms with E-state index < -0.39 is 0 Å². The second kappa shape index (κ2) is 4.59. The van der Waals surface area contributed by atoms with Crippen molar-refractivity contribution in [3.63, 3.8) is 0 Å². The summed E-state index contributed by atoms with van der Waals surface area (Å²) in [5, 5.41) is 1.04. The summed E-state index contributed by atoms with van der Waals surface area (Å²) in [6.07, 6.45) is 3.78. The summed E-state index contributed by atoms with van der Waals surface area (Å²) in [4.78, 5) is 11.3. The number of hydrogen-bond acceptors (Lipinski definition) is 4. The molecule has 1 atom stereocenters. The van der Waals surface area contributed by atoms with Crippen molar-refractivity contribution < 1.29 is 4.42 Å². The Labute approximate surface area is 133 Å². The fourth-order valence-corrected chi connectivity index (χ4v) is 3.58. The molecule has 5 nitrogen and oxygen atoms in total. The number of rotatable bonds is 1. The predicted octanol–water partition coefficient (Wildman–Crippen LogP) is 3.76. The summed E-state index contributed by atoms with van der Waals surface area (Å²) in [7, 11) is 0.